The maximum absolute atomic E-state index is 5.47. The lowest BCUT2D eigenvalue weighted by Gasteiger charge is -2.13. The maximum atomic E-state index is 5.47. The molecule has 0 aliphatic rings. The SMILES string of the molecule is CCOc1cccc(Nc2ncnc(NC)c2OC)c1. The number of nitrogens with one attached hydrogen (secondary N) is 2. The van der Waals surface area contributed by atoms with E-state index in [1.54, 1.807) is 14.2 Å². The lowest BCUT2D eigenvalue weighted by Crippen LogP contribution is -2.03. The zero-order valence-corrected chi connectivity index (χ0v) is 11.8. The third kappa shape index (κ3) is 3.09. The second-order valence-electron chi connectivity index (χ2n) is 3.94. The number of hydrogen-bond donors (Lipinski definition) is 2. The summed E-state index contributed by atoms with van der Waals surface area (Å²) in [4.78, 5) is 8.31. The molecule has 2 N–H and O–H groups in total. The molecule has 0 atom stereocenters. The van der Waals surface area contributed by atoms with Crippen LogP contribution in [0.5, 0.6) is 11.5 Å². The van der Waals surface area contributed by atoms with Crippen LogP contribution in [-0.2, 0) is 0 Å². The highest BCUT2D eigenvalue weighted by molar-refractivity contribution is 5.69. The third-order valence-electron chi connectivity index (χ3n) is 2.65. The van der Waals surface area contributed by atoms with Crippen LogP contribution in [0.15, 0.2) is 30.6 Å². The Balaban J connectivity index is 2.27. The van der Waals surface area contributed by atoms with E-state index >= 15 is 0 Å². The minimum atomic E-state index is 0.566. The number of hydrogen-bond acceptors (Lipinski definition) is 6. The second kappa shape index (κ2) is 6.60. The van der Waals surface area contributed by atoms with Gasteiger partial charge in [0.1, 0.15) is 12.1 Å². The number of anilines is 3. The second-order valence-corrected chi connectivity index (χ2v) is 3.94. The molecule has 6 heteroatoms. The van der Waals surface area contributed by atoms with Gasteiger partial charge in [0.05, 0.1) is 13.7 Å². The van der Waals surface area contributed by atoms with Crippen molar-refractivity contribution in [2.75, 3.05) is 31.4 Å². The van der Waals surface area contributed by atoms with Crippen molar-refractivity contribution in [2.24, 2.45) is 0 Å². The summed E-state index contributed by atoms with van der Waals surface area (Å²) in [5, 5.41) is 6.16. The molecule has 1 aromatic heterocycles. The Bertz CT molecular complexity index is 575. The van der Waals surface area contributed by atoms with Crippen LogP contribution >= 0.6 is 0 Å². The number of rotatable bonds is 6. The zero-order chi connectivity index (χ0) is 14.4. The Morgan fingerprint density at radius 1 is 1.20 bits per heavy atom. The van der Waals surface area contributed by atoms with E-state index in [1.165, 1.54) is 6.33 Å². The van der Waals surface area contributed by atoms with Gasteiger partial charge in [-0.1, -0.05) is 6.07 Å². The minimum absolute atomic E-state index is 0.566. The van der Waals surface area contributed by atoms with Crippen molar-refractivity contribution in [3.63, 3.8) is 0 Å². The van der Waals surface area contributed by atoms with Crippen LogP contribution in [-0.4, -0.2) is 30.7 Å². The maximum Gasteiger partial charge on any atom is 0.204 e. The van der Waals surface area contributed by atoms with E-state index in [2.05, 4.69) is 20.6 Å². The van der Waals surface area contributed by atoms with Crippen LogP contribution < -0.4 is 20.1 Å². The van der Waals surface area contributed by atoms with E-state index in [-0.39, 0.29) is 0 Å². The van der Waals surface area contributed by atoms with Gasteiger partial charge in [-0.15, -0.1) is 0 Å². The molecule has 0 unspecified atom stereocenters. The van der Waals surface area contributed by atoms with E-state index < -0.39 is 0 Å². The van der Waals surface area contributed by atoms with Gasteiger partial charge in [-0.3, -0.25) is 0 Å². The van der Waals surface area contributed by atoms with Crippen LogP contribution in [0.25, 0.3) is 0 Å². The normalized spacial score (nSPS) is 9.95. The van der Waals surface area contributed by atoms with Crippen molar-refractivity contribution >= 4 is 17.3 Å². The van der Waals surface area contributed by atoms with Crippen LogP contribution in [0.3, 0.4) is 0 Å². The summed E-state index contributed by atoms with van der Waals surface area (Å²) in [5.74, 6) is 2.60. The number of methoxy groups -OCH3 is 1. The summed E-state index contributed by atoms with van der Waals surface area (Å²) in [6.07, 6.45) is 1.48. The smallest absolute Gasteiger partial charge is 0.204 e. The van der Waals surface area contributed by atoms with Gasteiger partial charge in [0.2, 0.25) is 5.75 Å². The molecule has 0 aliphatic heterocycles. The third-order valence-corrected chi connectivity index (χ3v) is 2.65. The Kier molecular flexibility index (Phi) is 4.60. The Morgan fingerprint density at radius 3 is 2.70 bits per heavy atom. The predicted octanol–water partition coefficient (Wildman–Crippen LogP) is 2.67. The number of aromatic nitrogens is 2. The fourth-order valence-electron chi connectivity index (χ4n) is 1.80. The van der Waals surface area contributed by atoms with Gasteiger partial charge >= 0.3 is 0 Å². The molecule has 6 nitrogen and oxygen atoms in total. The highest BCUT2D eigenvalue weighted by Crippen LogP contribution is 2.31. The molecule has 0 fully saturated rings. The van der Waals surface area contributed by atoms with E-state index in [0.29, 0.717) is 24.0 Å². The zero-order valence-electron chi connectivity index (χ0n) is 11.8. The van der Waals surface area contributed by atoms with Crippen molar-refractivity contribution in [1.82, 2.24) is 9.97 Å². The fourth-order valence-corrected chi connectivity index (χ4v) is 1.80. The Labute approximate surface area is 118 Å². The molecule has 2 aromatic rings. The summed E-state index contributed by atoms with van der Waals surface area (Å²) in [6, 6.07) is 7.66. The quantitative estimate of drug-likeness (QED) is 0.844. The summed E-state index contributed by atoms with van der Waals surface area (Å²) in [6.45, 7) is 2.58. The lowest BCUT2D eigenvalue weighted by atomic mass is 10.3. The summed E-state index contributed by atoms with van der Waals surface area (Å²) >= 11 is 0. The van der Waals surface area contributed by atoms with Gasteiger partial charge in [-0.2, -0.15) is 0 Å². The van der Waals surface area contributed by atoms with Crippen LogP contribution in [0, 0.1) is 0 Å². The topological polar surface area (TPSA) is 68.3 Å². The number of benzene rings is 1. The molecule has 0 saturated heterocycles. The highest BCUT2D eigenvalue weighted by Gasteiger charge is 2.11. The molecule has 106 valence electrons. The molecular formula is C14H18N4O2. The van der Waals surface area contributed by atoms with Crippen molar-refractivity contribution in [2.45, 2.75) is 6.92 Å². The van der Waals surface area contributed by atoms with Crippen LogP contribution in [0.2, 0.25) is 0 Å². The van der Waals surface area contributed by atoms with Crippen molar-refractivity contribution < 1.29 is 9.47 Å². The van der Waals surface area contributed by atoms with E-state index in [9.17, 15) is 0 Å². The molecule has 0 amide bonds. The predicted molar refractivity (Wildman–Crippen MR) is 79.0 cm³/mol. The van der Waals surface area contributed by atoms with E-state index in [0.717, 1.165) is 11.4 Å². The molecule has 0 bridgehead atoms. The summed E-state index contributed by atoms with van der Waals surface area (Å²) in [7, 11) is 3.37. The van der Waals surface area contributed by atoms with Gasteiger partial charge < -0.3 is 20.1 Å². The highest BCUT2D eigenvalue weighted by atomic mass is 16.5. The largest absolute Gasteiger partial charge is 0.494 e. The number of nitrogens with zero attached hydrogens (tertiary/aromatic N) is 2. The van der Waals surface area contributed by atoms with Crippen molar-refractivity contribution in [1.29, 1.82) is 0 Å². The fraction of sp³-hybridized carbons (Fsp3) is 0.286. The molecular weight excluding hydrogens is 256 g/mol. The molecule has 20 heavy (non-hydrogen) atoms. The van der Waals surface area contributed by atoms with Gasteiger partial charge in [0.25, 0.3) is 0 Å². The van der Waals surface area contributed by atoms with Crippen LogP contribution in [0.1, 0.15) is 6.92 Å². The average Bonchev–Trinajstić information content (AvgIpc) is 2.47. The molecule has 1 heterocycles. The first-order valence-electron chi connectivity index (χ1n) is 6.35. The number of ether oxygens (including phenoxy) is 2. The standard InChI is InChI=1S/C14H18N4O2/c1-4-20-11-7-5-6-10(8-11)18-14-12(19-3)13(15-2)16-9-17-14/h5-9H,4H2,1-3H3,(H2,15,16,17,18). The van der Waals surface area contributed by atoms with Gasteiger partial charge in [0, 0.05) is 18.8 Å². The minimum Gasteiger partial charge on any atom is -0.494 e. The Morgan fingerprint density at radius 2 is 2.00 bits per heavy atom. The van der Waals surface area contributed by atoms with Crippen molar-refractivity contribution in [3.8, 4) is 11.5 Å². The molecule has 0 aliphatic carbocycles. The first kappa shape index (κ1) is 13.9. The first-order chi connectivity index (χ1) is 9.78. The van der Waals surface area contributed by atoms with E-state index in [4.69, 9.17) is 9.47 Å². The molecule has 0 saturated carbocycles. The van der Waals surface area contributed by atoms with Gasteiger partial charge in [-0.05, 0) is 19.1 Å². The Hall–Kier alpha value is -2.50. The van der Waals surface area contributed by atoms with Crippen molar-refractivity contribution in [3.05, 3.63) is 30.6 Å². The van der Waals surface area contributed by atoms with Gasteiger partial charge in [-0.25, -0.2) is 9.97 Å². The average molecular weight is 274 g/mol. The monoisotopic (exact) mass is 274 g/mol. The summed E-state index contributed by atoms with van der Waals surface area (Å²) in [5.41, 5.74) is 0.870. The molecule has 0 radical (unpaired) electrons. The first-order valence-corrected chi connectivity index (χ1v) is 6.35. The molecule has 0 spiro atoms. The molecule has 2 rings (SSSR count). The van der Waals surface area contributed by atoms with Gasteiger partial charge in [0.15, 0.2) is 11.6 Å². The van der Waals surface area contributed by atoms with E-state index in [1.807, 2.05) is 31.2 Å². The summed E-state index contributed by atoms with van der Waals surface area (Å²) < 4.78 is 10.8. The van der Waals surface area contributed by atoms with Crippen LogP contribution in [0.4, 0.5) is 17.3 Å². The molecule has 1 aromatic carbocycles. The lowest BCUT2D eigenvalue weighted by molar-refractivity contribution is 0.340.